The zero-order chi connectivity index (χ0) is 18.0. The maximum Gasteiger partial charge on any atom is 0.340 e. The number of pyridine rings is 1. The summed E-state index contributed by atoms with van der Waals surface area (Å²) in [7, 11) is 0. The van der Waals surface area contributed by atoms with Crippen LogP contribution in [0.25, 0.3) is 5.13 Å². The van der Waals surface area contributed by atoms with Crippen molar-refractivity contribution in [1.29, 1.82) is 0 Å². The van der Waals surface area contributed by atoms with Gasteiger partial charge in [-0.2, -0.15) is 0 Å². The Balaban J connectivity index is 1.74. The Labute approximate surface area is 156 Å². The third kappa shape index (κ3) is 3.69. The van der Waals surface area contributed by atoms with E-state index in [2.05, 4.69) is 25.9 Å². The highest BCUT2D eigenvalue weighted by Gasteiger charge is 2.19. The van der Waals surface area contributed by atoms with Crippen molar-refractivity contribution in [3.63, 3.8) is 0 Å². The third-order valence-corrected chi connectivity index (χ3v) is 4.81. The van der Waals surface area contributed by atoms with Gasteiger partial charge in [-0.1, -0.05) is 0 Å². The largest absolute Gasteiger partial charge is 0.454 e. The first kappa shape index (κ1) is 17.5. The molecule has 0 amide bonds. The minimum Gasteiger partial charge on any atom is -0.454 e. The van der Waals surface area contributed by atoms with Crippen molar-refractivity contribution in [3.05, 3.63) is 63.1 Å². The summed E-state index contributed by atoms with van der Waals surface area (Å²) in [4.78, 5) is 32.7. The lowest BCUT2D eigenvalue weighted by atomic mass is 10.1. The van der Waals surface area contributed by atoms with Crippen LogP contribution in [0.2, 0.25) is 0 Å². The van der Waals surface area contributed by atoms with Gasteiger partial charge in [0.25, 0.3) is 0 Å². The number of carbonyl (C=O) groups excluding carboxylic acids is 2. The lowest BCUT2D eigenvalue weighted by Gasteiger charge is -2.06. The smallest absolute Gasteiger partial charge is 0.340 e. The van der Waals surface area contributed by atoms with Crippen LogP contribution in [0, 0.1) is 13.8 Å². The van der Waals surface area contributed by atoms with E-state index in [4.69, 9.17) is 4.74 Å². The van der Waals surface area contributed by atoms with Crippen molar-refractivity contribution in [2.75, 3.05) is 6.61 Å². The van der Waals surface area contributed by atoms with Gasteiger partial charge in [0.15, 0.2) is 11.7 Å². The molecule has 0 saturated carbocycles. The lowest BCUT2D eigenvalue weighted by Crippen LogP contribution is -2.15. The molecule has 8 heteroatoms. The van der Waals surface area contributed by atoms with Crippen molar-refractivity contribution < 1.29 is 14.3 Å². The van der Waals surface area contributed by atoms with E-state index in [1.165, 1.54) is 17.5 Å². The highest BCUT2D eigenvalue weighted by Crippen LogP contribution is 2.22. The van der Waals surface area contributed by atoms with Crippen LogP contribution in [-0.4, -0.2) is 32.9 Å². The van der Waals surface area contributed by atoms with E-state index < -0.39 is 5.97 Å². The fraction of sp³-hybridized carbons (Fsp3) is 0.176. The first-order chi connectivity index (χ1) is 12.0. The van der Waals surface area contributed by atoms with Crippen molar-refractivity contribution in [2.24, 2.45) is 0 Å². The van der Waals surface area contributed by atoms with Gasteiger partial charge in [0.2, 0.25) is 5.78 Å². The van der Waals surface area contributed by atoms with Gasteiger partial charge in [0, 0.05) is 45.4 Å². The van der Waals surface area contributed by atoms with Crippen molar-refractivity contribution in [3.8, 4) is 5.13 Å². The number of ketones is 1. The molecule has 0 aliphatic rings. The topological polar surface area (TPSA) is 74.1 Å². The quantitative estimate of drug-likeness (QED) is 0.464. The fourth-order valence-corrected chi connectivity index (χ4v) is 3.60. The average molecular weight is 420 g/mol. The van der Waals surface area contributed by atoms with Gasteiger partial charge in [-0.05, 0) is 41.9 Å². The molecular formula is C17H14BrN3O3S. The zero-order valence-corrected chi connectivity index (χ0v) is 15.9. The normalized spacial score (nSPS) is 10.7. The Hall–Kier alpha value is -2.32. The SMILES string of the molecule is Cc1cc(C(=O)COC(=O)c2cncc(Br)c2)c(C)n1-c1nccs1. The average Bonchev–Trinajstić information content (AvgIpc) is 3.20. The molecule has 3 aromatic heterocycles. The van der Waals surface area contributed by atoms with Crippen LogP contribution >= 0.6 is 27.3 Å². The highest BCUT2D eigenvalue weighted by molar-refractivity contribution is 9.10. The molecule has 3 aromatic rings. The molecule has 0 spiro atoms. The van der Waals surface area contributed by atoms with E-state index in [9.17, 15) is 9.59 Å². The second-order valence-corrected chi connectivity index (χ2v) is 7.11. The number of aryl methyl sites for hydroxylation is 1. The number of halogens is 1. The summed E-state index contributed by atoms with van der Waals surface area (Å²) >= 11 is 4.73. The summed E-state index contributed by atoms with van der Waals surface area (Å²) in [5, 5.41) is 2.68. The van der Waals surface area contributed by atoms with Crippen LogP contribution in [0.1, 0.15) is 32.1 Å². The summed E-state index contributed by atoms with van der Waals surface area (Å²) in [5.74, 6) is -0.844. The Kier molecular flexibility index (Phi) is 5.10. The van der Waals surface area contributed by atoms with E-state index in [1.807, 2.05) is 23.8 Å². The molecule has 3 rings (SSSR count). The van der Waals surface area contributed by atoms with Crippen LogP contribution in [0.3, 0.4) is 0 Å². The molecule has 0 N–H and O–H groups in total. The van der Waals surface area contributed by atoms with Gasteiger partial charge in [-0.3, -0.25) is 14.3 Å². The molecule has 25 heavy (non-hydrogen) atoms. The summed E-state index contributed by atoms with van der Waals surface area (Å²) < 4.78 is 7.70. The number of aromatic nitrogens is 3. The summed E-state index contributed by atoms with van der Waals surface area (Å²) in [5.41, 5.74) is 2.49. The molecule has 0 fully saturated rings. The molecule has 0 atom stereocenters. The molecular weight excluding hydrogens is 406 g/mol. The molecule has 0 unspecified atom stereocenters. The van der Waals surface area contributed by atoms with Gasteiger partial charge in [0.05, 0.1) is 5.56 Å². The van der Waals surface area contributed by atoms with E-state index >= 15 is 0 Å². The van der Waals surface area contributed by atoms with Gasteiger partial charge in [0.1, 0.15) is 0 Å². The summed E-state index contributed by atoms with van der Waals surface area (Å²) in [6.07, 6.45) is 4.68. The summed E-state index contributed by atoms with van der Waals surface area (Å²) in [6.45, 7) is 3.43. The van der Waals surface area contributed by atoms with Gasteiger partial charge in [-0.15, -0.1) is 11.3 Å². The maximum atomic E-state index is 12.5. The number of nitrogens with zero attached hydrogens (tertiary/aromatic N) is 3. The first-order valence-electron chi connectivity index (χ1n) is 7.37. The number of esters is 1. The van der Waals surface area contributed by atoms with Crippen LogP contribution < -0.4 is 0 Å². The zero-order valence-electron chi connectivity index (χ0n) is 13.5. The van der Waals surface area contributed by atoms with Crippen LogP contribution in [-0.2, 0) is 4.74 Å². The van der Waals surface area contributed by atoms with E-state index in [-0.39, 0.29) is 18.0 Å². The Morgan fingerprint density at radius 2 is 2.08 bits per heavy atom. The molecule has 6 nitrogen and oxygen atoms in total. The van der Waals surface area contributed by atoms with E-state index in [1.54, 1.807) is 24.5 Å². The number of ether oxygens (including phenoxy) is 1. The maximum absolute atomic E-state index is 12.5. The minimum atomic E-state index is -0.587. The molecule has 0 aliphatic carbocycles. The number of carbonyl (C=O) groups is 2. The minimum absolute atomic E-state index is 0.257. The van der Waals surface area contributed by atoms with E-state index in [0.29, 0.717) is 10.0 Å². The summed E-state index contributed by atoms with van der Waals surface area (Å²) in [6, 6.07) is 3.38. The lowest BCUT2D eigenvalue weighted by molar-refractivity contribution is 0.0474. The molecule has 3 heterocycles. The second-order valence-electron chi connectivity index (χ2n) is 5.33. The first-order valence-corrected chi connectivity index (χ1v) is 9.04. The number of hydrogen-bond acceptors (Lipinski definition) is 6. The molecule has 0 bridgehead atoms. The second kappa shape index (κ2) is 7.28. The van der Waals surface area contributed by atoms with Crippen LogP contribution in [0.15, 0.2) is 40.6 Å². The van der Waals surface area contributed by atoms with Gasteiger partial charge < -0.3 is 4.74 Å². The Morgan fingerprint density at radius 1 is 1.28 bits per heavy atom. The monoisotopic (exact) mass is 419 g/mol. The van der Waals surface area contributed by atoms with Gasteiger partial charge >= 0.3 is 5.97 Å². The predicted molar refractivity (Wildman–Crippen MR) is 97.5 cm³/mol. The fourth-order valence-electron chi connectivity index (χ4n) is 2.48. The van der Waals surface area contributed by atoms with E-state index in [0.717, 1.165) is 16.5 Å². The molecule has 0 aromatic carbocycles. The van der Waals surface area contributed by atoms with Crippen molar-refractivity contribution in [1.82, 2.24) is 14.5 Å². The number of Topliss-reactive ketones (excluding diaryl/α,β-unsaturated/α-hetero) is 1. The number of thiazole rings is 1. The molecule has 0 radical (unpaired) electrons. The molecule has 128 valence electrons. The van der Waals surface area contributed by atoms with Crippen LogP contribution in [0.5, 0.6) is 0 Å². The molecule has 0 aliphatic heterocycles. The highest BCUT2D eigenvalue weighted by atomic mass is 79.9. The standard InChI is InChI=1S/C17H14BrN3O3S/c1-10-5-14(11(2)21(10)17-20-3-4-25-17)15(22)9-24-16(23)12-6-13(18)8-19-7-12/h3-8H,9H2,1-2H3. The van der Waals surface area contributed by atoms with Crippen LogP contribution in [0.4, 0.5) is 0 Å². The third-order valence-electron chi connectivity index (χ3n) is 3.62. The molecule has 0 saturated heterocycles. The predicted octanol–water partition coefficient (Wildman–Crippen LogP) is 3.75. The van der Waals surface area contributed by atoms with Crippen molar-refractivity contribution in [2.45, 2.75) is 13.8 Å². The number of hydrogen-bond donors (Lipinski definition) is 0. The number of rotatable bonds is 5. The van der Waals surface area contributed by atoms with Crippen molar-refractivity contribution >= 4 is 39.0 Å². The Bertz CT molecular complexity index is 935. The Morgan fingerprint density at radius 3 is 2.76 bits per heavy atom. The van der Waals surface area contributed by atoms with Gasteiger partial charge in [-0.25, -0.2) is 9.78 Å².